The Balaban J connectivity index is 2.00. The van der Waals surface area contributed by atoms with Gasteiger partial charge in [-0.05, 0) is 49.4 Å². The zero-order valence-corrected chi connectivity index (χ0v) is 12.4. The van der Waals surface area contributed by atoms with Crippen LogP contribution >= 0.6 is 11.6 Å². The van der Waals surface area contributed by atoms with Gasteiger partial charge in [0.2, 0.25) is 0 Å². The molecule has 1 unspecified atom stereocenters. The number of ether oxygens (including phenoxy) is 1. The molecule has 0 aliphatic rings. The van der Waals surface area contributed by atoms with Crippen molar-refractivity contribution in [2.24, 2.45) is 0 Å². The minimum Gasteiger partial charge on any atom is -0.481 e. The Morgan fingerprint density at radius 3 is 2.59 bits per heavy atom. The van der Waals surface area contributed by atoms with E-state index < -0.39 is 6.10 Å². The first-order valence-electron chi connectivity index (χ1n) is 6.42. The van der Waals surface area contributed by atoms with Crippen LogP contribution in [0.25, 0.3) is 0 Å². The summed E-state index contributed by atoms with van der Waals surface area (Å²) >= 11 is 5.90. The number of benzene rings is 2. The van der Waals surface area contributed by atoms with Crippen LogP contribution in [-0.2, 0) is 4.79 Å². The molecule has 22 heavy (non-hydrogen) atoms. The normalized spacial score (nSPS) is 11.4. The molecule has 1 amide bonds. The molecule has 0 aliphatic heterocycles. The number of hydrogen-bond acceptors (Lipinski definition) is 3. The molecule has 6 heteroatoms. The van der Waals surface area contributed by atoms with E-state index in [0.717, 1.165) is 0 Å². The van der Waals surface area contributed by atoms with Crippen LogP contribution < -0.4 is 10.1 Å². The molecule has 2 aromatic carbocycles. The summed E-state index contributed by atoms with van der Waals surface area (Å²) in [6.07, 6.45) is -0.778. The van der Waals surface area contributed by atoms with Crippen LogP contribution in [0.2, 0.25) is 5.02 Å². The summed E-state index contributed by atoms with van der Waals surface area (Å²) in [5, 5.41) is 11.7. The highest BCUT2D eigenvalue weighted by Crippen LogP contribution is 2.20. The maximum Gasteiger partial charge on any atom is 0.265 e. The van der Waals surface area contributed by atoms with Crippen molar-refractivity contribution in [3.05, 3.63) is 58.9 Å². The number of amides is 1. The van der Waals surface area contributed by atoms with Crippen LogP contribution in [0.5, 0.6) is 5.75 Å². The van der Waals surface area contributed by atoms with Crippen LogP contribution in [0.1, 0.15) is 12.5 Å². The van der Waals surface area contributed by atoms with Crippen LogP contribution in [0.15, 0.2) is 42.5 Å². The maximum absolute atomic E-state index is 12.8. The van der Waals surface area contributed by atoms with Crippen molar-refractivity contribution < 1.29 is 13.9 Å². The molecule has 2 aromatic rings. The third kappa shape index (κ3) is 3.96. The van der Waals surface area contributed by atoms with E-state index in [0.29, 0.717) is 17.0 Å². The Morgan fingerprint density at radius 1 is 1.32 bits per heavy atom. The predicted octanol–water partition coefficient (Wildman–Crippen LogP) is 3.76. The molecule has 1 atom stereocenters. The molecular formula is C16H12ClFN2O2. The monoisotopic (exact) mass is 318 g/mol. The molecule has 0 aliphatic carbocycles. The first-order chi connectivity index (χ1) is 10.5. The summed E-state index contributed by atoms with van der Waals surface area (Å²) in [7, 11) is 0. The molecule has 0 bridgehead atoms. The summed E-state index contributed by atoms with van der Waals surface area (Å²) in [5.74, 6) is -0.372. The standard InChI is InChI=1S/C16H12ClFN2O2/c1-10(22-14-6-3-12(18)4-7-14)16(21)20-13-5-2-11(9-19)15(17)8-13/h2-8,10H,1H3,(H,20,21). The number of anilines is 1. The molecule has 0 heterocycles. The number of nitrogens with one attached hydrogen (secondary N) is 1. The number of carbonyl (C=O) groups excluding carboxylic acids is 1. The number of carbonyl (C=O) groups is 1. The number of nitriles is 1. The molecular weight excluding hydrogens is 307 g/mol. The molecule has 0 radical (unpaired) electrons. The zero-order chi connectivity index (χ0) is 16.1. The molecule has 112 valence electrons. The van der Waals surface area contributed by atoms with Crippen LogP contribution in [0.3, 0.4) is 0 Å². The second-order valence-electron chi connectivity index (χ2n) is 4.51. The van der Waals surface area contributed by atoms with Crippen molar-refractivity contribution >= 4 is 23.2 Å². The minimum atomic E-state index is -0.778. The fourth-order valence-electron chi connectivity index (χ4n) is 1.70. The largest absolute Gasteiger partial charge is 0.481 e. The number of halogens is 2. The lowest BCUT2D eigenvalue weighted by Crippen LogP contribution is -2.30. The summed E-state index contributed by atoms with van der Waals surface area (Å²) < 4.78 is 18.2. The maximum atomic E-state index is 12.8. The second-order valence-corrected chi connectivity index (χ2v) is 4.92. The lowest BCUT2D eigenvalue weighted by atomic mass is 10.2. The third-order valence-corrected chi connectivity index (χ3v) is 3.17. The molecule has 4 nitrogen and oxygen atoms in total. The molecule has 0 fully saturated rings. The number of nitrogens with zero attached hydrogens (tertiary/aromatic N) is 1. The first-order valence-corrected chi connectivity index (χ1v) is 6.80. The molecule has 0 saturated heterocycles. The molecule has 0 aromatic heterocycles. The van der Waals surface area contributed by atoms with Crippen molar-refractivity contribution in [2.45, 2.75) is 13.0 Å². The average molecular weight is 319 g/mol. The van der Waals surface area contributed by atoms with Gasteiger partial charge in [-0.2, -0.15) is 5.26 Å². The quantitative estimate of drug-likeness (QED) is 0.933. The zero-order valence-electron chi connectivity index (χ0n) is 11.6. The Labute approximate surface area is 132 Å². The fraction of sp³-hybridized carbons (Fsp3) is 0.125. The van der Waals surface area contributed by atoms with Crippen molar-refractivity contribution in [1.82, 2.24) is 0 Å². The van der Waals surface area contributed by atoms with Gasteiger partial charge in [0.15, 0.2) is 6.10 Å². The lowest BCUT2D eigenvalue weighted by molar-refractivity contribution is -0.122. The van der Waals surface area contributed by atoms with Crippen LogP contribution in [0.4, 0.5) is 10.1 Å². The highest BCUT2D eigenvalue weighted by Gasteiger charge is 2.15. The predicted molar refractivity (Wildman–Crippen MR) is 81.3 cm³/mol. The molecule has 1 N–H and O–H groups in total. The second kappa shape index (κ2) is 6.92. The fourth-order valence-corrected chi connectivity index (χ4v) is 1.92. The Bertz CT molecular complexity index is 726. The van der Waals surface area contributed by atoms with Gasteiger partial charge in [0, 0.05) is 5.69 Å². The van der Waals surface area contributed by atoms with Gasteiger partial charge in [0.1, 0.15) is 17.6 Å². The van der Waals surface area contributed by atoms with Gasteiger partial charge in [0.05, 0.1) is 10.6 Å². The third-order valence-electron chi connectivity index (χ3n) is 2.85. The SMILES string of the molecule is CC(Oc1ccc(F)cc1)C(=O)Nc1ccc(C#N)c(Cl)c1. The van der Waals surface area contributed by atoms with Gasteiger partial charge in [-0.1, -0.05) is 11.6 Å². The Hall–Kier alpha value is -2.58. The van der Waals surface area contributed by atoms with Gasteiger partial charge in [0.25, 0.3) is 5.91 Å². The van der Waals surface area contributed by atoms with Gasteiger partial charge >= 0.3 is 0 Å². The van der Waals surface area contributed by atoms with Crippen molar-refractivity contribution in [3.8, 4) is 11.8 Å². The summed E-state index contributed by atoms with van der Waals surface area (Å²) in [5.41, 5.74) is 0.791. The summed E-state index contributed by atoms with van der Waals surface area (Å²) in [6, 6.07) is 11.9. The van der Waals surface area contributed by atoms with Gasteiger partial charge < -0.3 is 10.1 Å². The van der Waals surface area contributed by atoms with Crippen molar-refractivity contribution in [3.63, 3.8) is 0 Å². The van der Waals surface area contributed by atoms with E-state index in [1.54, 1.807) is 13.0 Å². The lowest BCUT2D eigenvalue weighted by Gasteiger charge is -2.15. The minimum absolute atomic E-state index is 0.257. The summed E-state index contributed by atoms with van der Waals surface area (Å²) in [6.45, 7) is 1.57. The number of hydrogen-bond donors (Lipinski definition) is 1. The van der Waals surface area contributed by atoms with Crippen molar-refractivity contribution in [1.29, 1.82) is 5.26 Å². The van der Waals surface area contributed by atoms with E-state index in [1.807, 2.05) is 6.07 Å². The average Bonchev–Trinajstić information content (AvgIpc) is 2.49. The first kappa shape index (κ1) is 15.8. The van der Waals surface area contributed by atoms with Crippen molar-refractivity contribution in [2.75, 3.05) is 5.32 Å². The van der Waals surface area contributed by atoms with E-state index in [1.165, 1.54) is 36.4 Å². The van der Waals surface area contributed by atoms with E-state index in [-0.39, 0.29) is 16.7 Å². The van der Waals surface area contributed by atoms with Crippen LogP contribution in [0, 0.1) is 17.1 Å². The van der Waals surface area contributed by atoms with Crippen LogP contribution in [-0.4, -0.2) is 12.0 Å². The Kier molecular flexibility index (Phi) is 4.97. The highest BCUT2D eigenvalue weighted by atomic mass is 35.5. The van der Waals surface area contributed by atoms with Gasteiger partial charge in [-0.3, -0.25) is 4.79 Å². The van der Waals surface area contributed by atoms with E-state index in [4.69, 9.17) is 21.6 Å². The smallest absolute Gasteiger partial charge is 0.265 e. The Morgan fingerprint density at radius 2 is 2.00 bits per heavy atom. The van der Waals surface area contributed by atoms with E-state index >= 15 is 0 Å². The van der Waals surface area contributed by atoms with Gasteiger partial charge in [-0.15, -0.1) is 0 Å². The summed E-state index contributed by atoms with van der Waals surface area (Å²) in [4.78, 5) is 12.0. The van der Waals surface area contributed by atoms with Gasteiger partial charge in [-0.25, -0.2) is 4.39 Å². The molecule has 0 saturated carbocycles. The number of rotatable bonds is 4. The topological polar surface area (TPSA) is 62.1 Å². The highest BCUT2D eigenvalue weighted by molar-refractivity contribution is 6.32. The molecule has 0 spiro atoms. The van der Waals surface area contributed by atoms with E-state index in [9.17, 15) is 9.18 Å². The van der Waals surface area contributed by atoms with E-state index in [2.05, 4.69) is 5.32 Å². The molecule has 2 rings (SSSR count).